The molecule has 1 aliphatic rings. The van der Waals surface area contributed by atoms with Crippen molar-refractivity contribution in [2.24, 2.45) is 0 Å². The smallest absolute Gasteiger partial charge is 0.258 e. The Hall–Kier alpha value is -4.52. The molecule has 0 atom stereocenters. The third kappa shape index (κ3) is 6.54. The lowest BCUT2D eigenvalue weighted by atomic mass is 10.1. The van der Waals surface area contributed by atoms with Gasteiger partial charge in [0.05, 0.1) is 18.9 Å². The van der Waals surface area contributed by atoms with Crippen LogP contribution >= 0.6 is 0 Å². The van der Waals surface area contributed by atoms with E-state index in [1.54, 1.807) is 30.3 Å². The molecule has 0 spiro atoms. The molecule has 0 fully saturated rings. The largest absolute Gasteiger partial charge is 0.494 e. The Labute approximate surface area is 208 Å². The Morgan fingerprint density at radius 1 is 0.750 bits per heavy atom. The van der Waals surface area contributed by atoms with Crippen molar-refractivity contribution < 1.29 is 28.2 Å². The molecule has 0 aliphatic carbocycles. The molecule has 0 bridgehead atoms. The van der Waals surface area contributed by atoms with Crippen molar-refractivity contribution in [3.63, 3.8) is 0 Å². The van der Waals surface area contributed by atoms with Crippen LogP contribution in [0.1, 0.15) is 28.8 Å². The molecular weight excluding hydrogens is 461 g/mol. The van der Waals surface area contributed by atoms with Gasteiger partial charge in [-0.3, -0.25) is 14.4 Å². The van der Waals surface area contributed by atoms with Gasteiger partial charge in [0.1, 0.15) is 17.3 Å². The average molecular weight is 486 g/mol. The number of benzene rings is 3. The summed E-state index contributed by atoms with van der Waals surface area (Å²) >= 11 is 0. The molecule has 0 radical (unpaired) electrons. The number of imide groups is 1. The van der Waals surface area contributed by atoms with Gasteiger partial charge in [-0.05, 0) is 85.1 Å². The Morgan fingerprint density at radius 2 is 1.28 bits per heavy atom. The van der Waals surface area contributed by atoms with Crippen molar-refractivity contribution >= 4 is 29.4 Å². The molecule has 36 heavy (non-hydrogen) atoms. The number of amides is 2. The monoisotopic (exact) mass is 485 g/mol. The van der Waals surface area contributed by atoms with Crippen LogP contribution in [-0.2, 0) is 9.59 Å². The normalized spacial score (nSPS) is 13.0. The Balaban J connectivity index is 1.14. The van der Waals surface area contributed by atoms with Crippen LogP contribution in [0.5, 0.6) is 11.5 Å². The number of rotatable bonds is 11. The summed E-state index contributed by atoms with van der Waals surface area (Å²) in [6.07, 6.45) is 7.26. The van der Waals surface area contributed by atoms with Crippen LogP contribution < -0.4 is 14.4 Å². The summed E-state index contributed by atoms with van der Waals surface area (Å²) < 4.78 is 24.4. The van der Waals surface area contributed by atoms with Gasteiger partial charge in [-0.2, -0.15) is 0 Å². The lowest BCUT2D eigenvalue weighted by molar-refractivity contribution is -0.119. The van der Waals surface area contributed by atoms with E-state index in [0.29, 0.717) is 30.2 Å². The highest BCUT2D eigenvalue weighted by molar-refractivity contribution is 6.28. The minimum atomic E-state index is -0.376. The summed E-state index contributed by atoms with van der Waals surface area (Å²) in [5, 5.41) is 0. The Morgan fingerprint density at radius 3 is 1.83 bits per heavy atom. The van der Waals surface area contributed by atoms with Crippen LogP contribution in [-0.4, -0.2) is 30.8 Å². The predicted molar refractivity (Wildman–Crippen MR) is 135 cm³/mol. The van der Waals surface area contributed by atoms with Gasteiger partial charge in [-0.1, -0.05) is 18.2 Å². The number of unbranched alkanes of at least 4 members (excludes halogenated alkanes) is 1. The van der Waals surface area contributed by atoms with Gasteiger partial charge in [0.2, 0.25) is 0 Å². The number of allylic oxidation sites excluding steroid dienone is 1. The van der Waals surface area contributed by atoms with Gasteiger partial charge in [0, 0.05) is 17.7 Å². The quantitative estimate of drug-likeness (QED) is 0.158. The van der Waals surface area contributed by atoms with Crippen molar-refractivity contribution in [3.8, 4) is 11.5 Å². The molecule has 1 heterocycles. The van der Waals surface area contributed by atoms with E-state index in [1.807, 2.05) is 24.3 Å². The number of ketones is 1. The minimum Gasteiger partial charge on any atom is -0.494 e. The first-order valence-electron chi connectivity index (χ1n) is 11.5. The molecule has 6 nitrogen and oxygen atoms in total. The fraction of sp³-hybridized carbons (Fsp3) is 0.138. The maximum atomic E-state index is 13.0. The lowest BCUT2D eigenvalue weighted by Crippen LogP contribution is -2.29. The van der Waals surface area contributed by atoms with E-state index in [0.717, 1.165) is 29.1 Å². The number of carbonyl (C=O) groups excluding carboxylic acids is 3. The van der Waals surface area contributed by atoms with Crippen molar-refractivity contribution in [3.05, 3.63) is 108 Å². The molecule has 0 saturated carbocycles. The van der Waals surface area contributed by atoms with Gasteiger partial charge < -0.3 is 9.47 Å². The number of nitrogens with zero attached hydrogens (tertiary/aromatic N) is 1. The van der Waals surface area contributed by atoms with Gasteiger partial charge in [0.15, 0.2) is 5.78 Å². The Bertz CT molecular complexity index is 1260. The molecule has 3 aromatic carbocycles. The topological polar surface area (TPSA) is 72.9 Å². The molecule has 4 rings (SSSR count). The molecule has 1 aliphatic heterocycles. The van der Waals surface area contributed by atoms with Crippen molar-refractivity contribution in [1.29, 1.82) is 0 Å². The van der Waals surface area contributed by atoms with Gasteiger partial charge in [-0.15, -0.1) is 0 Å². The highest BCUT2D eigenvalue weighted by Crippen LogP contribution is 2.22. The van der Waals surface area contributed by atoms with E-state index in [-0.39, 0.29) is 23.4 Å². The van der Waals surface area contributed by atoms with E-state index >= 15 is 0 Å². The molecular formula is C29H24FNO5. The highest BCUT2D eigenvalue weighted by atomic mass is 19.1. The first-order valence-corrected chi connectivity index (χ1v) is 11.5. The molecule has 3 aromatic rings. The molecule has 0 unspecified atom stereocenters. The summed E-state index contributed by atoms with van der Waals surface area (Å²) in [5.41, 5.74) is 1.80. The summed E-state index contributed by atoms with van der Waals surface area (Å²) in [7, 11) is 0. The number of halogens is 1. The average Bonchev–Trinajstić information content (AvgIpc) is 3.23. The van der Waals surface area contributed by atoms with Crippen LogP contribution in [0.2, 0.25) is 0 Å². The van der Waals surface area contributed by atoms with Crippen molar-refractivity contribution in [2.45, 2.75) is 12.8 Å². The molecule has 0 aromatic heterocycles. The summed E-state index contributed by atoms with van der Waals surface area (Å²) in [5.74, 6) is 0.122. The van der Waals surface area contributed by atoms with E-state index in [2.05, 4.69) is 0 Å². The summed E-state index contributed by atoms with van der Waals surface area (Å²) in [6, 6.07) is 19.7. The standard InChI is InChI=1S/C29H24FNO5/c30-23-8-6-22(7-9-23)27(32)16-5-21-3-12-25(13-4-21)35-19-1-2-20-36-26-14-10-24(11-15-26)31-28(33)17-18-29(31)34/h3-18H,1-2,19-20H2. The molecule has 0 N–H and O–H groups in total. The van der Waals surface area contributed by atoms with Crippen LogP contribution in [0.25, 0.3) is 6.08 Å². The number of anilines is 1. The second-order valence-electron chi connectivity index (χ2n) is 8.02. The van der Waals surface area contributed by atoms with Gasteiger partial charge >= 0.3 is 0 Å². The fourth-order valence-corrected chi connectivity index (χ4v) is 3.49. The van der Waals surface area contributed by atoms with Crippen LogP contribution in [0.4, 0.5) is 10.1 Å². The number of hydrogen-bond donors (Lipinski definition) is 0. The van der Waals surface area contributed by atoms with E-state index < -0.39 is 0 Å². The van der Waals surface area contributed by atoms with Gasteiger partial charge in [0.25, 0.3) is 11.8 Å². The molecule has 7 heteroatoms. The van der Waals surface area contributed by atoms with E-state index in [4.69, 9.17) is 9.47 Å². The number of hydrogen-bond acceptors (Lipinski definition) is 5. The summed E-state index contributed by atoms with van der Waals surface area (Å²) in [4.78, 5) is 36.7. The lowest BCUT2D eigenvalue weighted by Gasteiger charge is -2.14. The van der Waals surface area contributed by atoms with Gasteiger partial charge in [-0.25, -0.2) is 9.29 Å². The van der Waals surface area contributed by atoms with Crippen LogP contribution in [0.3, 0.4) is 0 Å². The highest BCUT2D eigenvalue weighted by Gasteiger charge is 2.24. The van der Waals surface area contributed by atoms with Crippen LogP contribution in [0, 0.1) is 5.82 Å². The van der Waals surface area contributed by atoms with E-state index in [9.17, 15) is 18.8 Å². The second-order valence-corrected chi connectivity index (χ2v) is 8.02. The maximum absolute atomic E-state index is 13.0. The predicted octanol–water partition coefficient (Wildman–Crippen LogP) is 5.39. The zero-order valence-electron chi connectivity index (χ0n) is 19.4. The maximum Gasteiger partial charge on any atom is 0.258 e. The third-order valence-electron chi connectivity index (χ3n) is 5.42. The fourth-order valence-electron chi connectivity index (χ4n) is 3.49. The minimum absolute atomic E-state index is 0.192. The SMILES string of the molecule is O=C(C=Cc1ccc(OCCCCOc2ccc(N3C(=O)C=CC3=O)cc2)cc1)c1ccc(F)cc1. The number of carbonyl (C=O) groups is 3. The first kappa shape index (κ1) is 24.6. The molecule has 2 amide bonds. The molecule has 182 valence electrons. The first-order chi connectivity index (χ1) is 17.5. The van der Waals surface area contributed by atoms with Crippen molar-refractivity contribution in [2.75, 3.05) is 18.1 Å². The molecule has 0 saturated heterocycles. The van der Waals surface area contributed by atoms with Crippen molar-refractivity contribution in [1.82, 2.24) is 0 Å². The van der Waals surface area contributed by atoms with Crippen LogP contribution in [0.15, 0.2) is 91.0 Å². The zero-order valence-corrected chi connectivity index (χ0v) is 19.4. The Kier molecular flexibility index (Phi) is 8.03. The second kappa shape index (κ2) is 11.8. The summed E-state index contributed by atoms with van der Waals surface area (Å²) in [6.45, 7) is 1.05. The number of ether oxygens (including phenoxy) is 2. The zero-order chi connectivity index (χ0) is 25.3. The van der Waals surface area contributed by atoms with E-state index in [1.165, 1.54) is 42.5 Å². The third-order valence-corrected chi connectivity index (χ3v) is 5.42.